The van der Waals surface area contributed by atoms with Crippen molar-refractivity contribution in [3.8, 4) is 17.2 Å². The fourth-order valence-corrected chi connectivity index (χ4v) is 1.77. The number of benzene rings is 2. The molecule has 0 aliphatic rings. The monoisotopic (exact) mass is 299 g/mol. The predicted octanol–water partition coefficient (Wildman–Crippen LogP) is 2.27. The van der Waals surface area contributed by atoms with Crippen LogP contribution in [0.3, 0.4) is 0 Å². The number of carbonyl (C=O) groups is 2. The molecule has 6 heteroatoms. The Morgan fingerprint density at radius 3 is 2.23 bits per heavy atom. The van der Waals surface area contributed by atoms with E-state index in [0.717, 1.165) is 12.1 Å². The van der Waals surface area contributed by atoms with Gasteiger partial charge in [0.1, 0.15) is 17.2 Å². The second kappa shape index (κ2) is 6.45. The van der Waals surface area contributed by atoms with E-state index in [1.165, 1.54) is 36.4 Å². The van der Waals surface area contributed by atoms with Crippen LogP contribution in [0.1, 0.15) is 15.9 Å². The average molecular weight is 299 g/mol. The van der Waals surface area contributed by atoms with Crippen molar-refractivity contribution in [2.45, 2.75) is 0 Å². The van der Waals surface area contributed by atoms with Crippen molar-refractivity contribution in [1.82, 2.24) is 0 Å². The maximum absolute atomic E-state index is 11.8. The number of anilines is 1. The van der Waals surface area contributed by atoms with Gasteiger partial charge in [0.25, 0.3) is 0 Å². The highest BCUT2D eigenvalue weighted by Gasteiger charge is 2.06. The molecule has 112 valence electrons. The fraction of sp³-hybridized carbons (Fsp3) is 0. The second-order valence-electron chi connectivity index (χ2n) is 4.46. The van der Waals surface area contributed by atoms with Gasteiger partial charge in [-0.15, -0.1) is 0 Å². The van der Waals surface area contributed by atoms with Crippen LogP contribution in [-0.4, -0.2) is 27.5 Å². The molecule has 2 aromatic carbocycles. The first-order chi connectivity index (χ1) is 10.5. The Bertz CT molecular complexity index is 752. The minimum atomic E-state index is -0.541. The van der Waals surface area contributed by atoms with Gasteiger partial charge < -0.3 is 20.6 Å². The molecule has 0 saturated heterocycles. The molecule has 2 aromatic rings. The average Bonchev–Trinajstić information content (AvgIpc) is 2.46. The topological polar surface area (TPSA) is 107 Å². The van der Waals surface area contributed by atoms with Crippen LogP contribution in [0.2, 0.25) is 0 Å². The number of nitrogens with one attached hydrogen (secondary N) is 1. The normalized spacial score (nSPS) is 10.5. The zero-order chi connectivity index (χ0) is 16.1. The van der Waals surface area contributed by atoms with Gasteiger partial charge in [0.15, 0.2) is 6.29 Å². The lowest BCUT2D eigenvalue weighted by atomic mass is 10.1. The third-order valence-electron chi connectivity index (χ3n) is 2.85. The number of hydrogen-bond acceptors (Lipinski definition) is 5. The third kappa shape index (κ3) is 3.63. The van der Waals surface area contributed by atoms with E-state index < -0.39 is 5.91 Å². The van der Waals surface area contributed by atoms with Crippen LogP contribution < -0.4 is 5.32 Å². The van der Waals surface area contributed by atoms with E-state index in [4.69, 9.17) is 0 Å². The molecule has 0 spiro atoms. The lowest BCUT2D eigenvalue weighted by Crippen LogP contribution is -2.09. The summed E-state index contributed by atoms with van der Waals surface area (Å²) in [7, 11) is 0. The van der Waals surface area contributed by atoms with Crippen LogP contribution in [0.4, 0.5) is 5.69 Å². The van der Waals surface area contributed by atoms with Crippen LogP contribution in [0.5, 0.6) is 17.2 Å². The molecule has 0 saturated carbocycles. The van der Waals surface area contributed by atoms with Gasteiger partial charge in [-0.25, -0.2) is 0 Å². The van der Waals surface area contributed by atoms with Crippen LogP contribution >= 0.6 is 0 Å². The van der Waals surface area contributed by atoms with Crippen LogP contribution in [0.15, 0.2) is 42.5 Å². The first-order valence-corrected chi connectivity index (χ1v) is 6.29. The number of aldehydes is 1. The molecule has 6 nitrogen and oxygen atoms in total. The summed E-state index contributed by atoms with van der Waals surface area (Å²) in [6.07, 6.45) is 3.07. The van der Waals surface area contributed by atoms with Crippen molar-refractivity contribution in [3.05, 3.63) is 53.6 Å². The van der Waals surface area contributed by atoms with Crippen molar-refractivity contribution in [2.75, 3.05) is 5.32 Å². The minimum Gasteiger partial charge on any atom is -0.508 e. The molecular weight excluding hydrogens is 286 g/mol. The molecule has 0 aliphatic heterocycles. The Morgan fingerprint density at radius 2 is 1.59 bits per heavy atom. The quantitative estimate of drug-likeness (QED) is 0.512. The predicted molar refractivity (Wildman–Crippen MR) is 80.9 cm³/mol. The summed E-state index contributed by atoms with van der Waals surface area (Å²) in [5.41, 5.74) is 0.756. The van der Waals surface area contributed by atoms with Crippen LogP contribution in [0, 0.1) is 0 Å². The molecular formula is C16H13NO5. The summed E-state index contributed by atoms with van der Waals surface area (Å²) >= 11 is 0. The Kier molecular flexibility index (Phi) is 4.43. The van der Waals surface area contributed by atoms with Crippen LogP contribution in [-0.2, 0) is 4.79 Å². The third-order valence-corrected chi connectivity index (χ3v) is 2.85. The Labute approximate surface area is 126 Å². The standard InChI is InChI=1S/C16H13NO5/c18-9-11-2-5-12(19)7-14(11)17-16(22)6-3-10-1-4-13(20)8-15(10)21/h1-9,19-21H,(H,17,22)/b6-3+. The van der Waals surface area contributed by atoms with Gasteiger partial charge >= 0.3 is 0 Å². The first-order valence-electron chi connectivity index (χ1n) is 6.29. The highest BCUT2D eigenvalue weighted by molar-refractivity contribution is 6.04. The van der Waals surface area contributed by atoms with Gasteiger partial charge in [-0.05, 0) is 30.3 Å². The molecule has 2 rings (SSSR count). The molecule has 0 atom stereocenters. The van der Waals surface area contributed by atoms with Crippen molar-refractivity contribution >= 4 is 24.0 Å². The molecule has 0 fully saturated rings. The second-order valence-corrected chi connectivity index (χ2v) is 4.46. The Morgan fingerprint density at radius 1 is 0.955 bits per heavy atom. The molecule has 22 heavy (non-hydrogen) atoms. The molecule has 0 aromatic heterocycles. The zero-order valence-corrected chi connectivity index (χ0v) is 11.4. The first kappa shape index (κ1) is 15.1. The summed E-state index contributed by atoms with van der Waals surface area (Å²) in [6.45, 7) is 0. The van der Waals surface area contributed by atoms with E-state index in [-0.39, 0.29) is 28.5 Å². The summed E-state index contributed by atoms with van der Waals surface area (Å²) in [4.78, 5) is 22.7. The maximum atomic E-state index is 11.8. The number of hydrogen-bond donors (Lipinski definition) is 4. The van der Waals surface area contributed by atoms with Crippen molar-refractivity contribution < 1.29 is 24.9 Å². The van der Waals surface area contributed by atoms with Crippen molar-refractivity contribution in [1.29, 1.82) is 0 Å². The fourth-order valence-electron chi connectivity index (χ4n) is 1.77. The van der Waals surface area contributed by atoms with E-state index in [1.807, 2.05) is 0 Å². The van der Waals surface area contributed by atoms with Gasteiger partial charge in [-0.3, -0.25) is 9.59 Å². The van der Waals surface area contributed by atoms with Crippen molar-refractivity contribution in [3.63, 3.8) is 0 Å². The van der Waals surface area contributed by atoms with Crippen molar-refractivity contribution in [2.24, 2.45) is 0 Å². The molecule has 4 N–H and O–H groups in total. The van der Waals surface area contributed by atoms with E-state index >= 15 is 0 Å². The number of phenols is 3. The smallest absolute Gasteiger partial charge is 0.248 e. The van der Waals surface area contributed by atoms with Gasteiger partial charge in [-0.1, -0.05) is 0 Å². The van der Waals surface area contributed by atoms with E-state index in [1.54, 1.807) is 0 Å². The molecule has 0 aliphatic carbocycles. The van der Waals surface area contributed by atoms with E-state index in [0.29, 0.717) is 11.8 Å². The largest absolute Gasteiger partial charge is 0.508 e. The summed E-state index contributed by atoms with van der Waals surface area (Å²) < 4.78 is 0. The van der Waals surface area contributed by atoms with E-state index in [9.17, 15) is 24.9 Å². The summed E-state index contributed by atoms with van der Waals surface area (Å²) in [5.74, 6) is -0.883. The maximum Gasteiger partial charge on any atom is 0.248 e. The minimum absolute atomic E-state index is 0.0824. The molecule has 0 unspecified atom stereocenters. The number of rotatable bonds is 4. The summed E-state index contributed by atoms with van der Waals surface area (Å²) in [5, 5.41) is 30.6. The summed E-state index contributed by atoms with van der Waals surface area (Å²) in [6, 6.07) is 7.94. The zero-order valence-electron chi connectivity index (χ0n) is 11.4. The number of carbonyl (C=O) groups excluding carboxylic acids is 2. The van der Waals surface area contributed by atoms with Gasteiger partial charge in [0, 0.05) is 29.3 Å². The highest BCUT2D eigenvalue weighted by Crippen LogP contribution is 2.24. The number of phenolic OH excluding ortho intramolecular Hbond substituents is 3. The number of aromatic hydroxyl groups is 3. The highest BCUT2D eigenvalue weighted by atomic mass is 16.3. The Hall–Kier alpha value is -3.28. The Balaban J connectivity index is 2.14. The van der Waals surface area contributed by atoms with Gasteiger partial charge in [-0.2, -0.15) is 0 Å². The lowest BCUT2D eigenvalue weighted by Gasteiger charge is -2.06. The molecule has 0 radical (unpaired) electrons. The number of amides is 1. The SMILES string of the molecule is O=Cc1ccc(O)cc1NC(=O)/C=C/c1ccc(O)cc1O. The van der Waals surface area contributed by atoms with Crippen LogP contribution in [0.25, 0.3) is 6.08 Å². The molecule has 0 heterocycles. The molecule has 1 amide bonds. The van der Waals surface area contributed by atoms with E-state index in [2.05, 4.69) is 5.32 Å². The van der Waals surface area contributed by atoms with Gasteiger partial charge in [0.05, 0.1) is 5.69 Å². The molecule has 0 bridgehead atoms. The lowest BCUT2D eigenvalue weighted by molar-refractivity contribution is -0.111. The van der Waals surface area contributed by atoms with Gasteiger partial charge in [0.2, 0.25) is 5.91 Å².